The van der Waals surface area contributed by atoms with Crippen molar-refractivity contribution < 1.29 is 38.1 Å². The number of hydrogen-bond donors (Lipinski definition) is 4. The van der Waals surface area contributed by atoms with Crippen LogP contribution in [0.1, 0.15) is 95.5 Å². The zero-order valence-corrected chi connectivity index (χ0v) is 36.4. The van der Waals surface area contributed by atoms with Crippen LogP contribution in [0, 0.1) is 11.3 Å². The third kappa shape index (κ3) is 6.84. The molecule has 3 aromatic carbocycles. The number of amides is 4. The highest BCUT2D eigenvalue weighted by Crippen LogP contribution is 2.49. The summed E-state index contributed by atoms with van der Waals surface area (Å²) in [5, 5.41) is 7.57. The molecule has 8 atom stereocenters. The van der Waals surface area contributed by atoms with Gasteiger partial charge in [0.2, 0.25) is 11.8 Å². The van der Waals surface area contributed by atoms with E-state index in [4.69, 9.17) is 28.9 Å². The summed E-state index contributed by atoms with van der Waals surface area (Å²) in [5.41, 5.74) is 6.11. The molecule has 3 unspecified atom stereocenters. The number of H-pyrrole nitrogens is 2. The third-order valence-electron chi connectivity index (χ3n) is 14.4. The molecule has 2 aromatic heterocycles. The van der Waals surface area contributed by atoms with Gasteiger partial charge in [0.1, 0.15) is 36.1 Å². The molecule has 0 spiro atoms. The monoisotopic (exact) mass is 858 g/mol. The van der Waals surface area contributed by atoms with E-state index in [1.807, 2.05) is 42.8 Å². The van der Waals surface area contributed by atoms with E-state index in [0.29, 0.717) is 37.7 Å². The number of nitrogens with zero attached hydrogens (tertiary/aromatic N) is 4. The third-order valence-corrected chi connectivity index (χ3v) is 14.4. The molecule has 2 bridgehead atoms. The van der Waals surface area contributed by atoms with Gasteiger partial charge in [-0.3, -0.25) is 9.59 Å². The first-order valence-electron chi connectivity index (χ1n) is 22.1. The maximum atomic E-state index is 14.5. The van der Waals surface area contributed by atoms with Crippen molar-refractivity contribution in [1.82, 2.24) is 40.4 Å². The average Bonchev–Trinajstić information content (AvgIpc) is 4.11. The van der Waals surface area contributed by atoms with Gasteiger partial charge in [0.25, 0.3) is 0 Å². The number of rotatable bonds is 7. The number of aromatic nitrogens is 4. The number of carbonyl (C=O) groups is 4. The number of benzene rings is 3. The molecule has 7 heterocycles. The van der Waals surface area contributed by atoms with Gasteiger partial charge in [0.15, 0.2) is 0 Å². The Balaban J connectivity index is 0.916. The first-order valence-corrected chi connectivity index (χ1v) is 22.1. The summed E-state index contributed by atoms with van der Waals surface area (Å²) in [5.74, 6) is 1.78. The zero-order valence-electron chi connectivity index (χ0n) is 36.4. The summed E-state index contributed by atoms with van der Waals surface area (Å²) < 4.78 is 22.5. The Bertz CT molecular complexity index is 2660. The second-order valence-electron chi connectivity index (χ2n) is 18.5. The van der Waals surface area contributed by atoms with Crippen LogP contribution in [0.4, 0.5) is 9.59 Å². The zero-order chi connectivity index (χ0) is 43.9. The van der Waals surface area contributed by atoms with Gasteiger partial charge in [-0.2, -0.15) is 0 Å². The predicted octanol–water partition coefficient (Wildman–Crippen LogP) is 7.05. The number of carbonyl (C=O) groups excluding carboxylic acids is 4. The largest absolute Gasteiger partial charge is 0.488 e. The first-order chi connectivity index (χ1) is 30.3. The van der Waals surface area contributed by atoms with Crippen LogP contribution >= 0.6 is 0 Å². The van der Waals surface area contributed by atoms with Crippen molar-refractivity contribution >= 4 is 45.8 Å². The minimum atomic E-state index is -0.738. The fourth-order valence-corrected chi connectivity index (χ4v) is 11.0. The Morgan fingerprint density at radius 1 is 0.952 bits per heavy atom. The fourth-order valence-electron chi connectivity index (χ4n) is 11.0. The molecule has 16 heteroatoms. The lowest BCUT2D eigenvalue weighted by Crippen LogP contribution is -2.55. The van der Waals surface area contributed by atoms with Crippen LogP contribution in [0.25, 0.3) is 44.2 Å². The maximum absolute atomic E-state index is 14.5. The minimum absolute atomic E-state index is 0.0183. The normalized spacial score (nSPS) is 26.7. The van der Waals surface area contributed by atoms with Crippen molar-refractivity contribution in [2.75, 3.05) is 20.8 Å². The quantitative estimate of drug-likeness (QED) is 0.132. The number of fused-ring (bicyclic) bond motifs is 10. The molecule has 4 fully saturated rings. The van der Waals surface area contributed by atoms with E-state index in [9.17, 15) is 19.2 Å². The van der Waals surface area contributed by atoms with E-state index in [0.717, 1.165) is 81.2 Å². The molecule has 4 saturated heterocycles. The molecule has 4 amide bonds. The molecule has 4 N–H and O–H groups in total. The highest BCUT2D eigenvalue weighted by Gasteiger charge is 2.56. The van der Waals surface area contributed by atoms with Gasteiger partial charge >= 0.3 is 12.2 Å². The van der Waals surface area contributed by atoms with Crippen LogP contribution in [0.5, 0.6) is 5.75 Å². The van der Waals surface area contributed by atoms with Crippen molar-refractivity contribution in [3.63, 3.8) is 0 Å². The van der Waals surface area contributed by atoms with Gasteiger partial charge in [-0.15, -0.1) is 0 Å². The van der Waals surface area contributed by atoms with Gasteiger partial charge < -0.3 is 49.3 Å². The molecule has 5 aliphatic heterocycles. The lowest BCUT2D eigenvalue weighted by atomic mass is 9.73. The molecule has 330 valence electrons. The van der Waals surface area contributed by atoms with Crippen LogP contribution in [0.2, 0.25) is 0 Å². The van der Waals surface area contributed by atoms with Crippen molar-refractivity contribution in [1.29, 1.82) is 0 Å². The Morgan fingerprint density at radius 2 is 1.76 bits per heavy atom. The number of hydrogen-bond acceptors (Lipinski definition) is 10. The highest BCUT2D eigenvalue weighted by atomic mass is 16.5. The van der Waals surface area contributed by atoms with Crippen molar-refractivity contribution in [2.24, 2.45) is 11.3 Å². The summed E-state index contributed by atoms with van der Waals surface area (Å²) >= 11 is 0. The molecule has 5 aromatic rings. The van der Waals surface area contributed by atoms with Crippen LogP contribution in [0.3, 0.4) is 0 Å². The Hall–Kier alpha value is -6.16. The summed E-state index contributed by atoms with van der Waals surface area (Å²) in [6.45, 7) is 8.82. The van der Waals surface area contributed by atoms with E-state index in [-0.39, 0.29) is 48.0 Å². The molecule has 0 saturated carbocycles. The second-order valence-corrected chi connectivity index (χ2v) is 18.5. The Kier molecular flexibility index (Phi) is 10.1. The van der Waals surface area contributed by atoms with Crippen LogP contribution < -0.4 is 15.4 Å². The summed E-state index contributed by atoms with van der Waals surface area (Å²) in [6, 6.07) is 12.5. The Labute approximate surface area is 364 Å². The summed E-state index contributed by atoms with van der Waals surface area (Å²) in [6.07, 6.45) is 4.85. The van der Waals surface area contributed by atoms with Crippen molar-refractivity contribution in [2.45, 2.75) is 115 Å². The molecule has 63 heavy (non-hydrogen) atoms. The van der Waals surface area contributed by atoms with Crippen LogP contribution in [0.15, 0.2) is 48.7 Å². The topological polar surface area (TPSA) is 193 Å². The predicted molar refractivity (Wildman–Crippen MR) is 232 cm³/mol. The van der Waals surface area contributed by atoms with Crippen LogP contribution in [-0.2, 0) is 30.4 Å². The molecule has 5 aliphatic rings. The minimum Gasteiger partial charge on any atom is -0.488 e. The highest BCUT2D eigenvalue weighted by molar-refractivity contribution is 6.07. The fraction of sp³-hybridized carbons (Fsp3) is 0.489. The smallest absolute Gasteiger partial charge is 0.407 e. The van der Waals surface area contributed by atoms with Gasteiger partial charge in [0.05, 0.1) is 61.4 Å². The van der Waals surface area contributed by atoms with E-state index in [2.05, 4.69) is 63.9 Å². The first kappa shape index (κ1) is 40.9. The van der Waals surface area contributed by atoms with Crippen molar-refractivity contribution in [3.8, 4) is 28.1 Å². The number of nitrogens with one attached hydrogen (secondary N) is 4. The number of aromatic amines is 2. The van der Waals surface area contributed by atoms with Gasteiger partial charge in [-0.25, -0.2) is 19.6 Å². The molecule has 16 nitrogen and oxygen atoms in total. The van der Waals surface area contributed by atoms with Gasteiger partial charge in [-0.05, 0) is 97.7 Å². The van der Waals surface area contributed by atoms with Gasteiger partial charge in [-0.1, -0.05) is 39.0 Å². The molecule has 10 rings (SSSR count). The average molecular weight is 859 g/mol. The number of alkyl carbamates (subject to hydrolysis) is 2. The number of imidazole rings is 2. The lowest BCUT2D eigenvalue weighted by molar-refractivity contribution is -0.138. The van der Waals surface area contributed by atoms with Crippen LogP contribution in [-0.4, -0.2) is 105 Å². The molecule has 0 aliphatic carbocycles. The Morgan fingerprint density at radius 3 is 2.56 bits per heavy atom. The SMILES string of the molecule is COC(=O)NC(C(=O)N1[C@@H](C)CC[C@H]1c1ncc(-c2ccc3c(c2)COc2cc4c(ccc5[nH]c([C@@H]6CC[C@@H]7C8CC(C)(CCO8)[C@H](NC(=O)OC)C(=O)N76)nc54)cc2-3)[nH]1)C(C)C. The number of ether oxygens (including phenoxy) is 4. The second kappa shape index (κ2) is 15.6. The summed E-state index contributed by atoms with van der Waals surface area (Å²) in [7, 11) is 2.61. The number of methoxy groups -OCH3 is 2. The lowest BCUT2D eigenvalue weighted by Gasteiger charge is -2.40. The molecular formula is C47H54N8O8. The van der Waals surface area contributed by atoms with E-state index in [1.165, 1.54) is 14.2 Å². The van der Waals surface area contributed by atoms with Gasteiger partial charge in [0, 0.05) is 29.0 Å². The molecular weight excluding hydrogens is 805 g/mol. The van der Waals surface area contributed by atoms with E-state index >= 15 is 0 Å². The van der Waals surface area contributed by atoms with E-state index < -0.39 is 29.7 Å². The summed E-state index contributed by atoms with van der Waals surface area (Å²) in [4.78, 5) is 73.8. The molecule has 0 radical (unpaired) electrons. The standard InChI is InChI=1S/C47H54N8O8/c1-23(2)38(52-45(58)60-5)43(56)54-24(3)7-12-34(54)41-48-21-32(50-41)26-8-10-28-27(17-26)22-63-36-19-29-25(18-30(28)36)9-11-31-39(29)51-42(49-31)35-14-13-33-37-20-47(4,15-16-62-37)40(44(57)55(33)35)53-46(59)61-6/h8-11,17-19,21,23-24,33-35,37-38,40H,7,12-16,20,22H2,1-6H3,(H,48,50)(H,49,51)(H,52,58)(H,53,59)/t24-,33+,34-,35-,37?,38?,40+,47?/m0/s1. The number of likely N-dealkylation sites (tertiary alicyclic amines) is 1. The maximum Gasteiger partial charge on any atom is 0.407 e. The van der Waals surface area contributed by atoms with E-state index in [1.54, 1.807) is 0 Å². The van der Waals surface area contributed by atoms with Crippen molar-refractivity contribution in [3.05, 3.63) is 65.9 Å².